The SMILES string of the molecule is C.C=C(C)c1ccc2c(c1)C(c1ccccc1C)=N[C@@H](C)c1c(C(N)=O)ncn1-2.CC. The summed E-state index contributed by atoms with van der Waals surface area (Å²) in [5.41, 5.74) is 13.6. The number of nitrogens with zero attached hydrogens (tertiary/aromatic N) is 3. The molecule has 0 unspecified atom stereocenters. The summed E-state index contributed by atoms with van der Waals surface area (Å²) in [5, 5.41) is 0. The van der Waals surface area contributed by atoms with Crippen LogP contribution in [0.1, 0.15) is 79.6 Å². The summed E-state index contributed by atoms with van der Waals surface area (Å²) in [6, 6.07) is 14.1. The van der Waals surface area contributed by atoms with Gasteiger partial charge < -0.3 is 5.73 Å². The molecule has 1 aliphatic rings. The Morgan fingerprint density at radius 1 is 1.13 bits per heavy atom. The van der Waals surface area contributed by atoms with Gasteiger partial charge in [0.05, 0.1) is 23.1 Å². The number of aromatic nitrogens is 2. The minimum Gasteiger partial charge on any atom is -0.364 e. The number of rotatable bonds is 3. The molecule has 2 N–H and O–H groups in total. The highest BCUT2D eigenvalue weighted by Crippen LogP contribution is 2.34. The number of hydrogen-bond donors (Lipinski definition) is 1. The molecule has 4 rings (SSSR count). The Bertz CT molecular complexity index is 1150. The van der Waals surface area contributed by atoms with Crippen molar-refractivity contribution in [2.24, 2.45) is 10.7 Å². The van der Waals surface area contributed by atoms with Gasteiger partial charge in [0.1, 0.15) is 6.33 Å². The molecule has 1 aliphatic heterocycles. The molecule has 5 nitrogen and oxygen atoms in total. The molecule has 1 amide bonds. The fourth-order valence-electron chi connectivity index (χ4n) is 3.72. The number of benzene rings is 2. The second-order valence-electron chi connectivity index (χ2n) is 7.19. The molecule has 0 bridgehead atoms. The lowest BCUT2D eigenvalue weighted by Gasteiger charge is -2.15. The molecule has 0 aliphatic carbocycles. The first-order valence-electron chi connectivity index (χ1n) is 10.2. The summed E-state index contributed by atoms with van der Waals surface area (Å²) in [4.78, 5) is 21.2. The Labute approximate surface area is 185 Å². The second-order valence-corrected chi connectivity index (χ2v) is 7.19. The van der Waals surface area contributed by atoms with E-state index in [1.165, 1.54) is 0 Å². The monoisotopic (exact) mass is 416 g/mol. The molecular formula is C26H32N4O. The zero-order chi connectivity index (χ0) is 22.0. The van der Waals surface area contributed by atoms with Crippen LogP contribution in [0.25, 0.3) is 11.3 Å². The van der Waals surface area contributed by atoms with Crippen molar-refractivity contribution in [1.29, 1.82) is 0 Å². The van der Waals surface area contributed by atoms with Gasteiger partial charge in [0.15, 0.2) is 5.69 Å². The van der Waals surface area contributed by atoms with Gasteiger partial charge >= 0.3 is 0 Å². The number of primary amides is 1. The van der Waals surface area contributed by atoms with E-state index in [0.717, 1.165) is 39.2 Å². The van der Waals surface area contributed by atoms with Gasteiger partial charge in [-0.15, -0.1) is 0 Å². The normalized spacial score (nSPS) is 14.0. The molecule has 2 heterocycles. The number of carbonyl (C=O) groups excluding carboxylic acids is 1. The maximum Gasteiger partial charge on any atom is 0.269 e. The molecule has 0 fully saturated rings. The van der Waals surface area contributed by atoms with Crippen LogP contribution in [0.5, 0.6) is 0 Å². The molecule has 0 radical (unpaired) electrons. The van der Waals surface area contributed by atoms with Crippen molar-refractivity contribution in [1.82, 2.24) is 9.55 Å². The van der Waals surface area contributed by atoms with Crippen LogP contribution in [0.2, 0.25) is 0 Å². The third-order valence-corrected chi connectivity index (χ3v) is 5.16. The van der Waals surface area contributed by atoms with Gasteiger partial charge in [-0.3, -0.25) is 14.4 Å². The van der Waals surface area contributed by atoms with E-state index in [0.29, 0.717) is 5.69 Å². The van der Waals surface area contributed by atoms with Crippen molar-refractivity contribution in [2.75, 3.05) is 0 Å². The van der Waals surface area contributed by atoms with Crippen molar-refractivity contribution in [3.05, 3.63) is 89.0 Å². The number of aliphatic imine (C=N–C) groups is 1. The van der Waals surface area contributed by atoms with Gasteiger partial charge in [-0.1, -0.05) is 63.8 Å². The predicted octanol–water partition coefficient (Wildman–Crippen LogP) is 5.89. The van der Waals surface area contributed by atoms with Gasteiger partial charge in [0, 0.05) is 11.1 Å². The number of allylic oxidation sites excluding steroid dienone is 1. The lowest BCUT2D eigenvalue weighted by molar-refractivity contribution is 0.0994. The molecule has 1 aromatic heterocycles. The average Bonchev–Trinajstić information content (AvgIpc) is 3.14. The lowest BCUT2D eigenvalue weighted by atomic mass is 9.94. The fourth-order valence-corrected chi connectivity index (χ4v) is 3.72. The van der Waals surface area contributed by atoms with Crippen molar-refractivity contribution in [3.8, 4) is 5.69 Å². The molecule has 0 spiro atoms. The third kappa shape index (κ3) is 4.22. The van der Waals surface area contributed by atoms with E-state index >= 15 is 0 Å². The smallest absolute Gasteiger partial charge is 0.269 e. The van der Waals surface area contributed by atoms with Crippen LogP contribution < -0.4 is 5.73 Å². The van der Waals surface area contributed by atoms with E-state index in [1.54, 1.807) is 6.33 Å². The Balaban J connectivity index is 0.00000111. The summed E-state index contributed by atoms with van der Waals surface area (Å²) in [6.07, 6.45) is 1.65. The molecule has 2 aromatic carbocycles. The largest absolute Gasteiger partial charge is 0.364 e. The topological polar surface area (TPSA) is 73.3 Å². The van der Waals surface area contributed by atoms with Crippen LogP contribution in [0.15, 0.2) is 60.4 Å². The van der Waals surface area contributed by atoms with Crippen LogP contribution in [0.4, 0.5) is 0 Å². The molecule has 0 saturated heterocycles. The number of imidazole rings is 1. The number of amides is 1. The predicted molar refractivity (Wildman–Crippen MR) is 130 cm³/mol. The number of nitrogens with two attached hydrogens (primary N) is 1. The summed E-state index contributed by atoms with van der Waals surface area (Å²) < 4.78 is 1.93. The second kappa shape index (κ2) is 9.56. The lowest BCUT2D eigenvalue weighted by Crippen LogP contribution is -2.15. The first kappa shape index (κ1) is 23.8. The Kier molecular flexibility index (Phi) is 7.34. The molecule has 162 valence electrons. The van der Waals surface area contributed by atoms with Gasteiger partial charge in [-0.2, -0.15) is 0 Å². The van der Waals surface area contributed by atoms with Crippen molar-refractivity contribution < 1.29 is 4.79 Å². The van der Waals surface area contributed by atoms with Gasteiger partial charge in [-0.25, -0.2) is 4.98 Å². The van der Waals surface area contributed by atoms with E-state index in [-0.39, 0.29) is 19.2 Å². The van der Waals surface area contributed by atoms with Crippen LogP contribution in [0.3, 0.4) is 0 Å². The van der Waals surface area contributed by atoms with E-state index in [4.69, 9.17) is 10.7 Å². The van der Waals surface area contributed by atoms with E-state index in [9.17, 15) is 4.79 Å². The number of carbonyl (C=O) groups is 1. The summed E-state index contributed by atoms with van der Waals surface area (Å²) in [6.45, 7) is 14.1. The first-order valence-corrected chi connectivity index (χ1v) is 10.2. The Morgan fingerprint density at radius 2 is 1.81 bits per heavy atom. The molecule has 3 aromatic rings. The highest BCUT2D eigenvalue weighted by molar-refractivity contribution is 6.16. The third-order valence-electron chi connectivity index (χ3n) is 5.16. The van der Waals surface area contributed by atoms with Crippen LogP contribution in [0, 0.1) is 6.92 Å². The minimum atomic E-state index is -0.546. The zero-order valence-electron chi connectivity index (χ0n) is 18.2. The van der Waals surface area contributed by atoms with E-state index in [2.05, 4.69) is 36.7 Å². The summed E-state index contributed by atoms with van der Waals surface area (Å²) in [7, 11) is 0. The summed E-state index contributed by atoms with van der Waals surface area (Å²) in [5.74, 6) is -0.546. The standard InChI is InChI=1S/C23H22N4O.C2H6.CH4/c1-13(2)16-9-10-19-18(11-16)20(17-8-6-5-7-14(17)3)26-15(4)22-21(23(24)28)25-12-27(19)22;1-2;/h5-12,15H,1H2,2-4H3,(H2,24,28);1-2H3;1H4/t15-;;/m0../s1. The van der Waals surface area contributed by atoms with Gasteiger partial charge in [0.2, 0.25) is 0 Å². The highest BCUT2D eigenvalue weighted by atomic mass is 16.1. The Morgan fingerprint density at radius 3 is 2.42 bits per heavy atom. The molecule has 1 atom stereocenters. The minimum absolute atomic E-state index is 0. The average molecular weight is 417 g/mol. The highest BCUT2D eigenvalue weighted by Gasteiger charge is 2.28. The van der Waals surface area contributed by atoms with Crippen molar-refractivity contribution in [2.45, 2.75) is 48.1 Å². The molecular weight excluding hydrogens is 384 g/mol. The van der Waals surface area contributed by atoms with E-state index in [1.807, 2.05) is 56.5 Å². The number of fused-ring (bicyclic) bond motifs is 3. The van der Waals surface area contributed by atoms with Crippen molar-refractivity contribution in [3.63, 3.8) is 0 Å². The quantitative estimate of drug-likeness (QED) is 0.578. The zero-order valence-corrected chi connectivity index (χ0v) is 18.2. The first-order chi connectivity index (χ1) is 14.4. The van der Waals surface area contributed by atoms with Crippen LogP contribution >= 0.6 is 0 Å². The maximum absolute atomic E-state index is 11.9. The maximum atomic E-state index is 11.9. The number of aryl methyl sites for hydroxylation is 1. The van der Waals surface area contributed by atoms with Crippen molar-refractivity contribution >= 4 is 17.2 Å². The van der Waals surface area contributed by atoms with Crippen LogP contribution in [-0.2, 0) is 0 Å². The van der Waals surface area contributed by atoms with Crippen LogP contribution in [-0.4, -0.2) is 21.2 Å². The molecule has 31 heavy (non-hydrogen) atoms. The Hall–Kier alpha value is -3.47. The molecule has 0 saturated carbocycles. The molecule has 5 heteroatoms. The summed E-state index contributed by atoms with van der Waals surface area (Å²) >= 11 is 0. The number of hydrogen-bond acceptors (Lipinski definition) is 3. The fraction of sp³-hybridized carbons (Fsp3) is 0.269. The van der Waals surface area contributed by atoms with Gasteiger partial charge in [0.25, 0.3) is 5.91 Å². The van der Waals surface area contributed by atoms with E-state index < -0.39 is 5.91 Å². The van der Waals surface area contributed by atoms with Gasteiger partial charge in [-0.05, 0) is 44.0 Å².